The lowest BCUT2D eigenvalue weighted by atomic mass is 10.1. The van der Waals surface area contributed by atoms with Gasteiger partial charge in [0, 0.05) is 36.3 Å². The summed E-state index contributed by atoms with van der Waals surface area (Å²) >= 11 is 0. The molecule has 154 valence electrons. The summed E-state index contributed by atoms with van der Waals surface area (Å²) in [5, 5.41) is 6.08. The van der Waals surface area contributed by atoms with Crippen LogP contribution in [0.4, 0.5) is 0 Å². The number of nitrogens with zero attached hydrogens (tertiary/aromatic N) is 2. The molecule has 1 aromatic rings. The summed E-state index contributed by atoms with van der Waals surface area (Å²) in [5.41, 5.74) is 1.20. The predicted octanol–water partition coefficient (Wildman–Crippen LogP) is 2.11. The standard InChI is InChI=1S/C22H34N4O2/c1-3-25-13-5-7-19(25)15-23-21(27)17-9-11-18(12-10-17)22(28)24-16-20-8-6-14-26(20)4-2/h9-12,19-20H,3-8,13-16H2,1-2H3,(H,23,27)(H,24,28). The minimum Gasteiger partial charge on any atom is -0.350 e. The van der Waals surface area contributed by atoms with E-state index in [-0.39, 0.29) is 11.8 Å². The van der Waals surface area contributed by atoms with Gasteiger partial charge in [-0.15, -0.1) is 0 Å². The number of likely N-dealkylation sites (N-methyl/N-ethyl adjacent to an activating group) is 2. The van der Waals surface area contributed by atoms with Crippen LogP contribution in [0.5, 0.6) is 0 Å². The number of hydrogen-bond acceptors (Lipinski definition) is 4. The minimum atomic E-state index is -0.0699. The smallest absolute Gasteiger partial charge is 0.251 e. The molecule has 2 heterocycles. The fraction of sp³-hybridized carbons (Fsp3) is 0.636. The minimum absolute atomic E-state index is 0.0699. The van der Waals surface area contributed by atoms with Gasteiger partial charge >= 0.3 is 0 Å². The van der Waals surface area contributed by atoms with Crippen molar-refractivity contribution in [3.05, 3.63) is 35.4 Å². The quantitative estimate of drug-likeness (QED) is 0.718. The maximum atomic E-state index is 12.4. The van der Waals surface area contributed by atoms with Gasteiger partial charge in [0.2, 0.25) is 0 Å². The molecule has 6 nitrogen and oxygen atoms in total. The van der Waals surface area contributed by atoms with E-state index in [1.54, 1.807) is 24.3 Å². The van der Waals surface area contributed by atoms with Crippen LogP contribution in [0, 0.1) is 0 Å². The monoisotopic (exact) mass is 386 g/mol. The number of likely N-dealkylation sites (tertiary alicyclic amines) is 2. The van der Waals surface area contributed by atoms with Crippen molar-refractivity contribution in [1.29, 1.82) is 0 Å². The highest BCUT2D eigenvalue weighted by Crippen LogP contribution is 2.17. The molecule has 3 rings (SSSR count). The van der Waals surface area contributed by atoms with E-state index in [0.29, 0.717) is 36.3 Å². The van der Waals surface area contributed by atoms with E-state index in [2.05, 4.69) is 34.3 Å². The third kappa shape index (κ3) is 5.11. The molecule has 0 saturated carbocycles. The van der Waals surface area contributed by atoms with Crippen molar-refractivity contribution in [3.8, 4) is 0 Å². The third-order valence-electron chi connectivity index (χ3n) is 6.22. The van der Waals surface area contributed by atoms with Crippen molar-refractivity contribution in [2.75, 3.05) is 39.3 Å². The van der Waals surface area contributed by atoms with Crippen molar-refractivity contribution in [3.63, 3.8) is 0 Å². The Balaban J connectivity index is 1.47. The van der Waals surface area contributed by atoms with Crippen molar-refractivity contribution >= 4 is 11.8 Å². The van der Waals surface area contributed by atoms with Crippen LogP contribution in [-0.4, -0.2) is 73.0 Å². The van der Waals surface area contributed by atoms with Crippen LogP contribution in [-0.2, 0) is 0 Å². The van der Waals surface area contributed by atoms with Crippen molar-refractivity contribution in [2.45, 2.75) is 51.6 Å². The summed E-state index contributed by atoms with van der Waals surface area (Å²) in [5.74, 6) is -0.140. The molecule has 2 aliphatic rings. The van der Waals surface area contributed by atoms with E-state index in [1.165, 1.54) is 12.8 Å². The first-order valence-electron chi connectivity index (χ1n) is 10.8. The Morgan fingerprint density at radius 2 is 1.21 bits per heavy atom. The van der Waals surface area contributed by atoms with Gasteiger partial charge in [-0.25, -0.2) is 0 Å². The fourth-order valence-corrected chi connectivity index (χ4v) is 4.48. The number of carbonyl (C=O) groups is 2. The zero-order chi connectivity index (χ0) is 19.9. The van der Waals surface area contributed by atoms with Gasteiger partial charge in [-0.3, -0.25) is 19.4 Å². The first-order chi connectivity index (χ1) is 13.6. The Morgan fingerprint density at radius 3 is 1.57 bits per heavy atom. The summed E-state index contributed by atoms with van der Waals surface area (Å²) in [4.78, 5) is 29.7. The normalized spacial score (nSPS) is 23.1. The van der Waals surface area contributed by atoms with Gasteiger partial charge in [0.1, 0.15) is 0 Å². The molecule has 0 bridgehead atoms. The van der Waals surface area contributed by atoms with Gasteiger partial charge in [0.05, 0.1) is 0 Å². The predicted molar refractivity (Wildman–Crippen MR) is 112 cm³/mol. The molecule has 2 unspecified atom stereocenters. The Morgan fingerprint density at radius 1 is 0.821 bits per heavy atom. The molecule has 0 aliphatic carbocycles. The maximum Gasteiger partial charge on any atom is 0.251 e. The van der Waals surface area contributed by atoms with Gasteiger partial charge < -0.3 is 10.6 Å². The zero-order valence-corrected chi connectivity index (χ0v) is 17.2. The lowest BCUT2D eigenvalue weighted by molar-refractivity contribution is 0.0929. The van der Waals surface area contributed by atoms with Crippen LogP contribution in [0.25, 0.3) is 0 Å². The number of benzene rings is 1. The Kier molecular flexibility index (Phi) is 7.45. The second kappa shape index (κ2) is 10.0. The van der Waals surface area contributed by atoms with E-state index in [0.717, 1.165) is 39.0 Å². The summed E-state index contributed by atoms with van der Waals surface area (Å²) < 4.78 is 0. The second-order valence-corrected chi connectivity index (χ2v) is 7.85. The topological polar surface area (TPSA) is 64.7 Å². The Bertz CT molecular complexity index is 604. The largest absolute Gasteiger partial charge is 0.350 e. The summed E-state index contributed by atoms with van der Waals surface area (Å²) in [6.07, 6.45) is 4.69. The number of rotatable bonds is 8. The van der Waals surface area contributed by atoms with E-state index in [9.17, 15) is 9.59 Å². The highest BCUT2D eigenvalue weighted by atomic mass is 16.2. The molecule has 0 spiro atoms. The SMILES string of the molecule is CCN1CCCC1CNC(=O)c1ccc(C(=O)NCC2CCCN2CC)cc1. The van der Waals surface area contributed by atoms with Crippen LogP contribution in [0.2, 0.25) is 0 Å². The van der Waals surface area contributed by atoms with Gasteiger partial charge in [-0.1, -0.05) is 13.8 Å². The molecular formula is C22H34N4O2. The molecule has 2 atom stereocenters. The first kappa shape index (κ1) is 20.8. The highest BCUT2D eigenvalue weighted by molar-refractivity contribution is 5.97. The molecule has 2 fully saturated rings. The van der Waals surface area contributed by atoms with Crippen molar-refractivity contribution in [2.24, 2.45) is 0 Å². The van der Waals surface area contributed by atoms with Crippen LogP contribution < -0.4 is 10.6 Å². The average molecular weight is 387 g/mol. The zero-order valence-electron chi connectivity index (χ0n) is 17.2. The molecule has 28 heavy (non-hydrogen) atoms. The summed E-state index contributed by atoms with van der Waals surface area (Å²) in [6, 6.07) is 7.85. The molecular weight excluding hydrogens is 352 g/mol. The third-order valence-corrected chi connectivity index (χ3v) is 6.22. The van der Waals surface area contributed by atoms with Gasteiger partial charge in [0.25, 0.3) is 11.8 Å². The molecule has 2 aliphatic heterocycles. The highest BCUT2D eigenvalue weighted by Gasteiger charge is 2.24. The van der Waals surface area contributed by atoms with E-state index in [4.69, 9.17) is 0 Å². The van der Waals surface area contributed by atoms with E-state index < -0.39 is 0 Å². The van der Waals surface area contributed by atoms with E-state index >= 15 is 0 Å². The Labute approximate surface area is 168 Å². The number of amides is 2. The van der Waals surface area contributed by atoms with Crippen LogP contribution in [0.3, 0.4) is 0 Å². The molecule has 2 amide bonds. The first-order valence-corrected chi connectivity index (χ1v) is 10.8. The van der Waals surface area contributed by atoms with Crippen LogP contribution in [0.15, 0.2) is 24.3 Å². The molecule has 2 N–H and O–H groups in total. The summed E-state index contributed by atoms with van der Waals surface area (Å²) in [7, 11) is 0. The summed E-state index contributed by atoms with van der Waals surface area (Å²) in [6.45, 7) is 10.00. The average Bonchev–Trinajstić information content (AvgIpc) is 3.38. The van der Waals surface area contributed by atoms with E-state index in [1.807, 2.05) is 0 Å². The molecule has 1 aromatic carbocycles. The van der Waals surface area contributed by atoms with Crippen molar-refractivity contribution in [1.82, 2.24) is 20.4 Å². The van der Waals surface area contributed by atoms with Crippen LogP contribution in [0.1, 0.15) is 60.2 Å². The molecule has 0 radical (unpaired) electrons. The second-order valence-electron chi connectivity index (χ2n) is 7.85. The molecule has 6 heteroatoms. The Hall–Kier alpha value is -1.92. The van der Waals surface area contributed by atoms with Crippen molar-refractivity contribution < 1.29 is 9.59 Å². The maximum absolute atomic E-state index is 12.4. The fourth-order valence-electron chi connectivity index (χ4n) is 4.48. The van der Waals surface area contributed by atoms with Gasteiger partial charge in [0.15, 0.2) is 0 Å². The molecule has 0 aromatic heterocycles. The van der Waals surface area contributed by atoms with Gasteiger partial charge in [-0.05, 0) is 76.1 Å². The number of carbonyl (C=O) groups excluding carboxylic acids is 2. The van der Waals surface area contributed by atoms with Crippen LogP contribution >= 0.6 is 0 Å². The lowest BCUT2D eigenvalue weighted by Gasteiger charge is -2.23. The van der Waals surface area contributed by atoms with Gasteiger partial charge in [-0.2, -0.15) is 0 Å². The lowest BCUT2D eigenvalue weighted by Crippen LogP contribution is -2.40. The number of nitrogens with one attached hydrogen (secondary N) is 2. The number of hydrogen-bond donors (Lipinski definition) is 2. The molecule has 2 saturated heterocycles.